The summed E-state index contributed by atoms with van der Waals surface area (Å²) < 4.78 is 1.79. The van der Waals surface area contributed by atoms with E-state index in [1.165, 1.54) is 0 Å². The Morgan fingerprint density at radius 3 is 3.10 bits per heavy atom. The fraction of sp³-hybridized carbons (Fsp3) is 0.0769. The smallest absolute Gasteiger partial charge is 0.313 e. The predicted molar refractivity (Wildman–Crippen MR) is 75.0 cm³/mol. The highest BCUT2D eigenvalue weighted by atomic mass is 32.2. The third-order valence-corrected chi connectivity index (χ3v) is 3.69. The summed E-state index contributed by atoms with van der Waals surface area (Å²) in [6.45, 7) is 0. The van der Waals surface area contributed by atoms with Crippen LogP contribution in [0.3, 0.4) is 0 Å². The number of carboxylic acid groups (broad SMARTS) is 1. The van der Waals surface area contributed by atoms with Gasteiger partial charge in [-0.1, -0.05) is 23.9 Å². The van der Waals surface area contributed by atoms with Gasteiger partial charge in [-0.25, -0.2) is 0 Å². The second kappa shape index (κ2) is 5.30. The van der Waals surface area contributed by atoms with Crippen LogP contribution in [0, 0.1) is 0 Å². The number of benzene rings is 1. The molecule has 100 valence electrons. The number of pyridine rings is 1. The van der Waals surface area contributed by atoms with Gasteiger partial charge in [0.15, 0.2) is 5.16 Å². The first-order chi connectivity index (χ1) is 9.75. The average Bonchev–Trinajstić information content (AvgIpc) is 2.92. The lowest BCUT2D eigenvalue weighted by atomic mass is 10.1. The summed E-state index contributed by atoms with van der Waals surface area (Å²) in [7, 11) is 0. The molecule has 0 unspecified atom stereocenters. The molecule has 0 aliphatic heterocycles. The van der Waals surface area contributed by atoms with Gasteiger partial charge in [-0.3, -0.25) is 14.3 Å². The Morgan fingerprint density at radius 1 is 1.35 bits per heavy atom. The van der Waals surface area contributed by atoms with E-state index in [1.54, 1.807) is 23.3 Å². The number of nitrogens with zero attached hydrogens (tertiary/aromatic N) is 4. The molecule has 0 amide bonds. The first-order valence-electron chi connectivity index (χ1n) is 5.83. The molecule has 0 fully saturated rings. The first kappa shape index (κ1) is 12.6. The van der Waals surface area contributed by atoms with Gasteiger partial charge in [-0.05, 0) is 12.1 Å². The van der Waals surface area contributed by atoms with Crippen LogP contribution in [-0.2, 0) is 4.79 Å². The van der Waals surface area contributed by atoms with Gasteiger partial charge in [0.2, 0.25) is 0 Å². The van der Waals surface area contributed by atoms with E-state index in [-0.39, 0.29) is 5.75 Å². The minimum absolute atomic E-state index is 0.0506. The Labute approximate surface area is 118 Å². The van der Waals surface area contributed by atoms with E-state index in [1.807, 2.05) is 24.3 Å². The van der Waals surface area contributed by atoms with Crippen molar-refractivity contribution in [3.8, 4) is 5.69 Å². The lowest BCUT2D eigenvalue weighted by Gasteiger charge is -2.08. The van der Waals surface area contributed by atoms with Gasteiger partial charge < -0.3 is 5.11 Å². The second-order valence-corrected chi connectivity index (χ2v) is 4.98. The van der Waals surface area contributed by atoms with Crippen molar-refractivity contribution in [2.24, 2.45) is 0 Å². The molecule has 0 saturated carbocycles. The number of carbonyl (C=O) groups is 1. The normalized spacial score (nSPS) is 10.8. The number of aliphatic carboxylic acids is 1. The summed E-state index contributed by atoms with van der Waals surface area (Å²) in [5.41, 5.74) is 0.905. The molecule has 0 atom stereocenters. The SMILES string of the molecule is O=C(O)CSc1nncn1-c1cccc2cnccc12. The number of aromatic nitrogens is 4. The Balaban J connectivity index is 2.08. The molecule has 0 aliphatic carbocycles. The molecule has 2 aromatic heterocycles. The third kappa shape index (κ3) is 2.35. The minimum Gasteiger partial charge on any atom is -0.481 e. The van der Waals surface area contributed by atoms with E-state index >= 15 is 0 Å². The fourth-order valence-electron chi connectivity index (χ4n) is 1.93. The fourth-order valence-corrected chi connectivity index (χ4v) is 2.57. The maximum absolute atomic E-state index is 10.7. The molecule has 0 spiro atoms. The quantitative estimate of drug-likeness (QED) is 0.739. The molecular weight excluding hydrogens is 276 g/mol. The number of rotatable bonds is 4. The standard InChI is InChI=1S/C13H10N4O2S/c18-12(19)7-20-13-16-15-8-17(13)11-3-1-2-9-6-14-5-4-10(9)11/h1-6,8H,7H2,(H,18,19). The van der Waals surface area contributed by atoms with Crippen molar-refractivity contribution in [3.63, 3.8) is 0 Å². The summed E-state index contributed by atoms with van der Waals surface area (Å²) in [6, 6.07) is 7.75. The second-order valence-electron chi connectivity index (χ2n) is 4.04. The third-order valence-electron chi connectivity index (χ3n) is 2.76. The van der Waals surface area contributed by atoms with E-state index < -0.39 is 5.97 Å². The highest BCUT2D eigenvalue weighted by Crippen LogP contribution is 2.25. The molecule has 0 saturated heterocycles. The van der Waals surface area contributed by atoms with Gasteiger partial charge in [0.1, 0.15) is 6.33 Å². The molecule has 0 bridgehead atoms. The maximum Gasteiger partial charge on any atom is 0.313 e. The van der Waals surface area contributed by atoms with Gasteiger partial charge in [0.05, 0.1) is 11.4 Å². The van der Waals surface area contributed by atoms with Crippen LogP contribution in [0.1, 0.15) is 0 Å². The lowest BCUT2D eigenvalue weighted by Crippen LogP contribution is -2.01. The predicted octanol–water partition coefficient (Wildman–Crippen LogP) is 1.99. The van der Waals surface area contributed by atoms with E-state index in [0.29, 0.717) is 5.16 Å². The van der Waals surface area contributed by atoms with Crippen molar-refractivity contribution >= 4 is 28.5 Å². The topological polar surface area (TPSA) is 80.9 Å². The van der Waals surface area contributed by atoms with Crippen LogP contribution >= 0.6 is 11.8 Å². The minimum atomic E-state index is -0.883. The maximum atomic E-state index is 10.7. The number of carboxylic acids is 1. The number of hydrogen-bond donors (Lipinski definition) is 1. The molecule has 3 aromatic rings. The molecule has 1 aromatic carbocycles. The van der Waals surface area contributed by atoms with Crippen LogP contribution in [0.2, 0.25) is 0 Å². The first-order valence-corrected chi connectivity index (χ1v) is 6.82. The molecule has 0 radical (unpaired) electrons. The molecule has 3 rings (SSSR count). The largest absolute Gasteiger partial charge is 0.481 e. The van der Waals surface area contributed by atoms with Crippen LogP contribution in [0.5, 0.6) is 0 Å². The van der Waals surface area contributed by atoms with Crippen molar-refractivity contribution in [3.05, 3.63) is 43.0 Å². The zero-order chi connectivity index (χ0) is 13.9. The monoisotopic (exact) mass is 286 g/mol. The Kier molecular flexibility index (Phi) is 3.34. The molecule has 1 N–H and O–H groups in total. The zero-order valence-electron chi connectivity index (χ0n) is 10.3. The van der Waals surface area contributed by atoms with Gasteiger partial charge in [-0.15, -0.1) is 10.2 Å². The molecule has 2 heterocycles. The highest BCUT2D eigenvalue weighted by Gasteiger charge is 2.11. The number of fused-ring (bicyclic) bond motifs is 1. The van der Waals surface area contributed by atoms with Crippen LogP contribution in [0.15, 0.2) is 48.1 Å². The van der Waals surface area contributed by atoms with Gasteiger partial charge in [0, 0.05) is 23.2 Å². The number of hydrogen-bond acceptors (Lipinski definition) is 5. The van der Waals surface area contributed by atoms with Crippen molar-refractivity contribution < 1.29 is 9.90 Å². The summed E-state index contributed by atoms with van der Waals surface area (Å²) >= 11 is 1.14. The summed E-state index contributed by atoms with van der Waals surface area (Å²) in [6.07, 6.45) is 5.09. The van der Waals surface area contributed by atoms with Crippen molar-refractivity contribution in [1.82, 2.24) is 19.7 Å². The Morgan fingerprint density at radius 2 is 2.25 bits per heavy atom. The average molecular weight is 286 g/mol. The summed E-state index contributed by atoms with van der Waals surface area (Å²) in [4.78, 5) is 14.8. The molecule has 6 nitrogen and oxygen atoms in total. The van der Waals surface area contributed by atoms with E-state index in [0.717, 1.165) is 28.2 Å². The van der Waals surface area contributed by atoms with Gasteiger partial charge in [-0.2, -0.15) is 0 Å². The van der Waals surface area contributed by atoms with Crippen LogP contribution in [-0.4, -0.2) is 36.6 Å². The highest BCUT2D eigenvalue weighted by molar-refractivity contribution is 7.99. The molecule has 0 aliphatic rings. The van der Waals surface area contributed by atoms with E-state index in [4.69, 9.17) is 5.11 Å². The molecule has 20 heavy (non-hydrogen) atoms. The number of thioether (sulfide) groups is 1. The van der Waals surface area contributed by atoms with Crippen LogP contribution in [0.4, 0.5) is 0 Å². The summed E-state index contributed by atoms with van der Waals surface area (Å²) in [5.74, 6) is -0.933. The van der Waals surface area contributed by atoms with Crippen molar-refractivity contribution in [2.75, 3.05) is 5.75 Å². The van der Waals surface area contributed by atoms with E-state index in [2.05, 4.69) is 15.2 Å². The lowest BCUT2D eigenvalue weighted by molar-refractivity contribution is -0.133. The summed E-state index contributed by atoms with van der Waals surface area (Å²) in [5, 5.41) is 19.2. The Hall–Kier alpha value is -2.41. The van der Waals surface area contributed by atoms with Gasteiger partial charge in [0.25, 0.3) is 0 Å². The van der Waals surface area contributed by atoms with Crippen LogP contribution < -0.4 is 0 Å². The van der Waals surface area contributed by atoms with Gasteiger partial charge >= 0.3 is 5.97 Å². The van der Waals surface area contributed by atoms with Crippen molar-refractivity contribution in [1.29, 1.82) is 0 Å². The van der Waals surface area contributed by atoms with Crippen molar-refractivity contribution in [2.45, 2.75) is 5.16 Å². The Bertz CT molecular complexity index is 766. The van der Waals surface area contributed by atoms with E-state index in [9.17, 15) is 4.79 Å². The molecule has 7 heteroatoms. The zero-order valence-corrected chi connectivity index (χ0v) is 11.1. The van der Waals surface area contributed by atoms with Crippen LogP contribution in [0.25, 0.3) is 16.5 Å². The molecular formula is C13H10N4O2S.